The first kappa shape index (κ1) is 16.3. The maximum atomic E-state index is 12.2. The Hall–Kier alpha value is -1.03. The molecule has 4 nitrogen and oxygen atoms in total. The lowest BCUT2D eigenvalue weighted by molar-refractivity contribution is 0.261. The molecule has 1 aliphatic carbocycles. The molecule has 3 unspecified atom stereocenters. The van der Waals surface area contributed by atoms with Gasteiger partial charge >= 0.3 is 0 Å². The highest BCUT2D eigenvalue weighted by Gasteiger charge is 2.25. The van der Waals surface area contributed by atoms with E-state index in [-0.39, 0.29) is 10.6 Å². The number of nitrogens with one attached hydrogen (secondary N) is 1. The molecule has 0 saturated heterocycles. The zero-order valence-electron chi connectivity index (χ0n) is 13.4. The van der Waals surface area contributed by atoms with Crippen molar-refractivity contribution < 1.29 is 0 Å². The number of halogens is 1. The van der Waals surface area contributed by atoms with Gasteiger partial charge in [-0.25, -0.2) is 4.68 Å². The lowest BCUT2D eigenvalue weighted by Gasteiger charge is -2.33. The van der Waals surface area contributed by atoms with Crippen LogP contribution in [0, 0.1) is 17.8 Å². The van der Waals surface area contributed by atoms with E-state index in [9.17, 15) is 4.79 Å². The number of anilines is 1. The van der Waals surface area contributed by atoms with Gasteiger partial charge in [0.25, 0.3) is 5.56 Å². The minimum Gasteiger partial charge on any atom is -0.380 e. The van der Waals surface area contributed by atoms with Crippen molar-refractivity contribution in [2.24, 2.45) is 17.8 Å². The Labute approximate surface area is 131 Å². The number of hydrogen-bond donors (Lipinski definition) is 1. The summed E-state index contributed by atoms with van der Waals surface area (Å²) in [6, 6.07) is 0.385. The summed E-state index contributed by atoms with van der Waals surface area (Å²) < 4.78 is 1.45. The molecule has 1 fully saturated rings. The van der Waals surface area contributed by atoms with Gasteiger partial charge in [-0.1, -0.05) is 39.3 Å². The monoisotopic (exact) mass is 311 g/mol. The third-order valence-electron chi connectivity index (χ3n) is 4.48. The molecule has 0 radical (unpaired) electrons. The second-order valence-corrected chi connectivity index (χ2v) is 7.24. The highest BCUT2D eigenvalue weighted by Crippen LogP contribution is 2.31. The van der Waals surface area contributed by atoms with Crippen LogP contribution < -0.4 is 10.9 Å². The average Bonchev–Trinajstić information content (AvgIpc) is 2.42. The van der Waals surface area contributed by atoms with E-state index in [0.717, 1.165) is 18.8 Å². The molecule has 118 valence electrons. The molecule has 0 aromatic carbocycles. The summed E-state index contributed by atoms with van der Waals surface area (Å²) >= 11 is 6.23. The van der Waals surface area contributed by atoms with E-state index in [1.807, 2.05) is 0 Å². The van der Waals surface area contributed by atoms with Crippen molar-refractivity contribution in [2.75, 3.05) is 5.32 Å². The van der Waals surface area contributed by atoms with Gasteiger partial charge in [0.2, 0.25) is 0 Å². The lowest BCUT2D eigenvalue weighted by Crippen LogP contribution is -2.32. The summed E-state index contributed by atoms with van der Waals surface area (Å²) in [6.45, 7) is 9.30. The first-order valence-electron chi connectivity index (χ1n) is 7.90. The third-order valence-corrected chi connectivity index (χ3v) is 4.85. The first-order chi connectivity index (χ1) is 9.88. The van der Waals surface area contributed by atoms with E-state index in [0.29, 0.717) is 30.1 Å². The predicted octanol–water partition coefficient (Wildman–Crippen LogP) is 3.79. The third kappa shape index (κ3) is 4.00. The van der Waals surface area contributed by atoms with Crippen molar-refractivity contribution in [3.05, 3.63) is 21.6 Å². The van der Waals surface area contributed by atoms with Crippen LogP contribution >= 0.6 is 11.6 Å². The largest absolute Gasteiger partial charge is 0.380 e. The molecular formula is C16H26ClN3O. The Morgan fingerprint density at radius 1 is 1.38 bits per heavy atom. The maximum Gasteiger partial charge on any atom is 0.287 e. The quantitative estimate of drug-likeness (QED) is 0.920. The average molecular weight is 312 g/mol. The first-order valence-corrected chi connectivity index (χ1v) is 8.28. The molecule has 0 aliphatic heterocycles. The molecule has 3 atom stereocenters. The zero-order valence-corrected chi connectivity index (χ0v) is 14.2. The molecule has 1 aromatic heterocycles. The Balaban J connectivity index is 2.11. The highest BCUT2D eigenvalue weighted by molar-refractivity contribution is 6.32. The second kappa shape index (κ2) is 6.82. The number of rotatable bonds is 4. The molecule has 1 aromatic rings. The van der Waals surface area contributed by atoms with E-state index in [1.54, 1.807) is 6.20 Å². The SMILES string of the molecule is CC(C)Cn1ncc(NC2CCC(C)C(C)C2)c(Cl)c1=O. The van der Waals surface area contributed by atoms with E-state index in [1.165, 1.54) is 11.1 Å². The fourth-order valence-corrected chi connectivity index (χ4v) is 3.14. The van der Waals surface area contributed by atoms with Crippen molar-refractivity contribution in [3.63, 3.8) is 0 Å². The van der Waals surface area contributed by atoms with Gasteiger partial charge in [-0.2, -0.15) is 5.10 Å². The van der Waals surface area contributed by atoms with Crippen LogP contribution in [0.4, 0.5) is 5.69 Å². The van der Waals surface area contributed by atoms with Crippen molar-refractivity contribution in [1.29, 1.82) is 0 Å². The summed E-state index contributed by atoms with van der Waals surface area (Å²) in [4.78, 5) is 12.2. The Kier molecular flexibility index (Phi) is 5.31. The van der Waals surface area contributed by atoms with Crippen molar-refractivity contribution in [1.82, 2.24) is 9.78 Å². The van der Waals surface area contributed by atoms with Crippen LogP contribution in [0.2, 0.25) is 5.02 Å². The Bertz CT molecular complexity index is 541. The van der Waals surface area contributed by atoms with Gasteiger partial charge < -0.3 is 5.32 Å². The van der Waals surface area contributed by atoms with Gasteiger partial charge in [0.05, 0.1) is 11.9 Å². The fraction of sp³-hybridized carbons (Fsp3) is 0.750. The summed E-state index contributed by atoms with van der Waals surface area (Å²) in [5.74, 6) is 1.84. The van der Waals surface area contributed by atoms with E-state index in [4.69, 9.17) is 11.6 Å². The van der Waals surface area contributed by atoms with Crippen LogP contribution in [0.3, 0.4) is 0 Å². The van der Waals surface area contributed by atoms with Gasteiger partial charge in [-0.05, 0) is 37.0 Å². The lowest BCUT2D eigenvalue weighted by atomic mass is 9.79. The van der Waals surface area contributed by atoms with Crippen LogP contribution in [-0.2, 0) is 6.54 Å². The molecular weight excluding hydrogens is 286 g/mol. The molecule has 1 saturated carbocycles. The molecule has 0 amide bonds. The van der Waals surface area contributed by atoms with E-state index >= 15 is 0 Å². The molecule has 2 rings (SSSR count). The number of hydrogen-bond acceptors (Lipinski definition) is 3. The molecule has 1 heterocycles. The van der Waals surface area contributed by atoms with Crippen LogP contribution in [0.15, 0.2) is 11.0 Å². The Morgan fingerprint density at radius 3 is 2.71 bits per heavy atom. The molecule has 5 heteroatoms. The van der Waals surface area contributed by atoms with Crippen LogP contribution in [0.25, 0.3) is 0 Å². The number of nitrogens with zero attached hydrogens (tertiary/aromatic N) is 2. The summed E-state index contributed by atoms with van der Waals surface area (Å²) in [5, 5.41) is 7.91. The molecule has 1 N–H and O–H groups in total. The molecule has 0 spiro atoms. The van der Waals surface area contributed by atoms with Gasteiger partial charge in [0.15, 0.2) is 0 Å². The summed E-state index contributed by atoms with van der Waals surface area (Å²) in [5.41, 5.74) is 0.473. The predicted molar refractivity (Wildman–Crippen MR) is 87.9 cm³/mol. The maximum absolute atomic E-state index is 12.2. The second-order valence-electron chi connectivity index (χ2n) is 6.86. The van der Waals surface area contributed by atoms with Crippen LogP contribution in [0.1, 0.15) is 47.0 Å². The minimum absolute atomic E-state index is 0.201. The van der Waals surface area contributed by atoms with E-state index < -0.39 is 0 Å². The molecule has 0 bridgehead atoms. The normalized spacial score (nSPS) is 26.1. The summed E-state index contributed by atoms with van der Waals surface area (Å²) in [7, 11) is 0. The van der Waals surface area contributed by atoms with Crippen molar-refractivity contribution >= 4 is 17.3 Å². The topological polar surface area (TPSA) is 46.9 Å². The fourth-order valence-electron chi connectivity index (χ4n) is 2.94. The Morgan fingerprint density at radius 2 is 2.10 bits per heavy atom. The van der Waals surface area contributed by atoms with Gasteiger partial charge in [0.1, 0.15) is 5.02 Å². The minimum atomic E-state index is -0.201. The highest BCUT2D eigenvalue weighted by atomic mass is 35.5. The zero-order chi connectivity index (χ0) is 15.6. The van der Waals surface area contributed by atoms with Gasteiger partial charge in [-0.15, -0.1) is 0 Å². The van der Waals surface area contributed by atoms with Crippen molar-refractivity contribution in [3.8, 4) is 0 Å². The molecule has 21 heavy (non-hydrogen) atoms. The number of aromatic nitrogens is 2. The van der Waals surface area contributed by atoms with Crippen LogP contribution in [-0.4, -0.2) is 15.8 Å². The van der Waals surface area contributed by atoms with E-state index in [2.05, 4.69) is 38.1 Å². The van der Waals surface area contributed by atoms with Crippen LogP contribution in [0.5, 0.6) is 0 Å². The van der Waals surface area contributed by atoms with Gasteiger partial charge in [-0.3, -0.25) is 4.79 Å². The smallest absolute Gasteiger partial charge is 0.287 e. The molecule has 1 aliphatic rings. The van der Waals surface area contributed by atoms with Crippen molar-refractivity contribution in [2.45, 2.75) is 59.5 Å². The van der Waals surface area contributed by atoms with Gasteiger partial charge in [0, 0.05) is 12.6 Å². The summed E-state index contributed by atoms with van der Waals surface area (Å²) in [6.07, 6.45) is 5.15. The standard InChI is InChI=1S/C16H26ClN3O/c1-10(2)9-20-16(21)15(17)14(8-18-20)19-13-6-5-11(3)12(4)7-13/h8,10-13,19H,5-7,9H2,1-4H3.